The molecule has 0 spiro atoms. The molecule has 0 bridgehead atoms. The molecule has 0 fully saturated rings. The van der Waals surface area contributed by atoms with E-state index >= 15 is 0 Å². The van der Waals surface area contributed by atoms with E-state index in [1.54, 1.807) is 38.3 Å². The summed E-state index contributed by atoms with van der Waals surface area (Å²) in [5.74, 6) is 1.28. The van der Waals surface area contributed by atoms with Gasteiger partial charge in [0.25, 0.3) is 0 Å². The van der Waals surface area contributed by atoms with Crippen molar-refractivity contribution in [2.45, 2.75) is 13.0 Å². The molecule has 0 radical (unpaired) electrons. The van der Waals surface area contributed by atoms with Crippen LogP contribution in [0.15, 0.2) is 60.7 Å². The quantitative estimate of drug-likeness (QED) is 0.382. The average Bonchev–Trinajstić information content (AvgIpc) is 2.71. The summed E-state index contributed by atoms with van der Waals surface area (Å²) in [5, 5.41) is 2.54. The van der Waals surface area contributed by atoms with E-state index in [0.29, 0.717) is 28.9 Å². The molecule has 5 nitrogen and oxygen atoms in total. The largest absolute Gasteiger partial charge is 0.479 e. The van der Waals surface area contributed by atoms with Gasteiger partial charge in [0.1, 0.15) is 23.9 Å². The van der Waals surface area contributed by atoms with Gasteiger partial charge in [-0.1, -0.05) is 41.9 Å². The molecular weight excluding hydrogens is 380 g/mol. The fourth-order valence-corrected chi connectivity index (χ4v) is 2.87. The van der Waals surface area contributed by atoms with Crippen molar-refractivity contribution >= 4 is 28.3 Å². The Bertz CT molecular complexity index is 939. The van der Waals surface area contributed by atoms with Gasteiger partial charge in [0.15, 0.2) is 6.10 Å². The number of hydrogen-bond donors (Lipinski definition) is 0. The third kappa shape index (κ3) is 4.94. The molecule has 0 heterocycles. The first-order chi connectivity index (χ1) is 13.6. The van der Waals surface area contributed by atoms with Gasteiger partial charge in [-0.2, -0.15) is 0 Å². The molecule has 3 aromatic rings. The van der Waals surface area contributed by atoms with E-state index in [9.17, 15) is 4.79 Å². The number of esters is 1. The van der Waals surface area contributed by atoms with E-state index in [2.05, 4.69) is 0 Å². The van der Waals surface area contributed by atoms with Crippen molar-refractivity contribution in [2.75, 3.05) is 20.3 Å². The van der Waals surface area contributed by atoms with Crippen LogP contribution < -0.4 is 9.47 Å². The summed E-state index contributed by atoms with van der Waals surface area (Å²) in [7, 11) is 1.54. The van der Waals surface area contributed by atoms with Crippen molar-refractivity contribution in [2.24, 2.45) is 0 Å². The van der Waals surface area contributed by atoms with Gasteiger partial charge in [-0.25, -0.2) is 4.79 Å². The molecule has 3 rings (SSSR count). The van der Waals surface area contributed by atoms with Gasteiger partial charge < -0.3 is 18.9 Å². The normalized spacial score (nSPS) is 11.8. The highest BCUT2D eigenvalue weighted by atomic mass is 35.5. The second kappa shape index (κ2) is 9.44. The second-order valence-corrected chi connectivity index (χ2v) is 6.47. The van der Waals surface area contributed by atoms with Crippen molar-refractivity contribution in [1.29, 1.82) is 0 Å². The van der Waals surface area contributed by atoms with Crippen LogP contribution in [0.25, 0.3) is 10.8 Å². The maximum atomic E-state index is 11.8. The molecule has 0 aliphatic carbocycles. The van der Waals surface area contributed by atoms with Gasteiger partial charge in [0.2, 0.25) is 0 Å². The van der Waals surface area contributed by atoms with Gasteiger partial charge in [0.05, 0.1) is 11.6 Å². The van der Waals surface area contributed by atoms with Crippen molar-refractivity contribution < 1.29 is 23.7 Å². The number of rotatable bonds is 8. The Balaban J connectivity index is 1.63. The fraction of sp³-hybridized carbons (Fsp3) is 0.227. The Labute approximate surface area is 168 Å². The summed E-state index contributed by atoms with van der Waals surface area (Å²) in [4.78, 5) is 11.8. The summed E-state index contributed by atoms with van der Waals surface area (Å²) >= 11 is 6.47. The molecule has 6 heteroatoms. The third-order valence-electron chi connectivity index (χ3n) is 4.06. The maximum Gasteiger partial charge on any atom is 0.347 e. The van der Waals surface area contributed by atoms with Crippen LogP contribution in [0.2, 0.25) is 5.02 Å². The zero-order chi connectivity index (χ0) is 19.9. The number of halogens is 1. The Morgan fingerprint density at radius 1 is 0.964 bits per heavy atom. The topological polar surface area (TPSA) is 54.0 Å². The fourth-order valence-electron chi connectivity index (χ4n) is 2.60. The molecule has 146 valence electrons. The van der Waals surface area contributed by atoms with Crippen LogP contribution in [0.3, 0.4) is 0 Å². The van der Waals surface area contributed by atoms with E-state index < -0.39 is 12.1 Å². The molecule has 0 saturated heterocycles. The van der Waals surface area contributed by atoms with E-state index in [0.717, 1.165) is 10.8 Å². The highest BCUT2D eigenvalue weighted by molar-refractivity contribution is 6.37. The predicted octanol–water partition coefficient (Wildman–Crippen LogP) is 5.24. The van der Waals surface area contributed by atoms with E-state index in [-0.39, 0.29) is 6.61 Å². The maximum absolute atomic E-state index is 11.8. The second-order valence-electron chi connectivity index (χ2n) is 6.09. The first-order valence-electron chi connectivity index (χ1n) is 8.86. The molecule has 0 aromatic heterocycles. The molecule has 1 atom stereocenters. The molecule has 0 saturated carbocycles. The van der Waals surface area contributed by atoms with Gasteiger partial charge in [-0.05, 0) is 42.6 Å². The third-order valence-corrected chi connectivity index (χ3v) is 4.45. The predicted molar refractivity (Wildman–Crippen MR) is 108 cm³/mol. The lowest BCUT2D eigenvalue weighted by Crippen LogP contribution is -2.27. The highest BCUT2D eigenvalue weighted by Gasteiger charge is 2.16. The Morgan fingerprint density at radius 2 is 1.68 bits per heavy atom. The van der Waals surface area contributed by atoms with Crippen molar-refractivity contribution in [3.63, 3.8) is 0 Å². The number of ether oxygens (including phenoxy) is 4. The highest BCUT2D eigenvalue weighted by Crippen LogP contribution is 2.35. The summed E-state index contributed by atoms with van der Waals surface area (Å²) < 4.78 is 21.4. The van der Waals surface area contributed by atoms with Gasteiger partial charge in [-0.3, -0.25) is 0 Å². The number of carbonyl (C=O) groups is 1. The SMILES string of the molecule is COCCOC(=O)C(C)Oc1ccc(Oc2ccc3ccccc3c2Cl)cc1. The van der Waals surface area contributed by atoms with Crippen LogP contribution in [0.1, 0.15) is 6.92 Å². The van der Waals surface area contributed by atoms with Gasteiger partial charge in [0, 0.05) is 12.5 Å². The van der Waals surface area contributed by atoms with Crippen LogP contribution in [0.5, 0.6) is 17.2 Å². The monoisotopic (exact) mass is 400 g/mol. The van der Waals surface area contributed by atoms with E-state index in [4.69, 9.17) is 30.5 Å². The zero-order valence-electron chi connectivity index (χ0n) is 15.7. The van der Waals surface area contributed by atoms with Crippen LogP contribution in [0.4, 0.5) is 0 Å². The van der Waals surface area contributed by atoms with Crippen molar-refractivity contribution in [3.05, 3.63) is 65.7 Å². The first-order valence-corrected chi connectivity index (χ1v) is 9.23. The molecule has 3 aromatic carbocycles. The van der Waals surface area contributed by atoms with E-state index in [1.165, 1.54) is 0 Å². The Kier molecular flexibility index (Phi) is 6.74. The van der Waals surface area contributed by atoms with Gasteiger partial charge >= 0.3 is 5.97 Å². The molecular formula is C22H21ClO5. The number of methoxy groups -OCH3 is 1. The first kappa shape index (κ1) is 20.0. The van der Waals surface area contributed by atoms with Crippen LogP contribution in [-0.2, 0) is 14.3 Å². The Hall–Kier alpha value is -2.76. The summed E-state index contributed by atoms with van der Waals surface area (Å²) in [6, 6.07) is 18.6. The van der Waals surface area contributed by atoms with Gasteiger partial charge in [-0.15, -0.1) is 0 Å². The number of carbonyl (C=O) groups excluding carboxylic acids is 1. The molecule has 0 aliphatic heterocycles. The number of benzene rings is 3. The van der Waals surface area contributed by atoms with Crippen LogP contribution in [-0.4, -0.2) is 32.4 Å². The molecule has 1 unspecified atom stereocenters. The number of hydrogen-bond acceptors (Lipinski definition) is 5. The smallest absolute Gasteiger partial charge is 0.347 e. The summed E-state index contributed by atoms with van der Waals surface area (Å²) in [5.41, 5.74) is 0. The minimum absolute atomic E-state index is 0.197. The lowest BCUT2D eigenvalue weighted by molar-refractivity contribution is -0.152. The lowest BCUT2D eigenvalue weighted by atomic mass is 10.1. The summed E-state index contributed by atoms with van der Waals surface area (Å²) in [6.45, 7) is 2.18. The standard InChI is InChI=1S/C22H21ClO5/c1-15(22(24)26-14-13-25-2)27-17-8-10-18(11-9-17)28-20-12-7-16-5-3-4-6-19(16)21(20)23/h3-12,15H,13-14H2,1-2H3. The van der Waals surface area contributed by atoms with Crippen molar-refractivity contribution in [3.8, 4) is 17.2 Å². The minimum atomic E-state index is -0.724. The van der Waals surface area contributed by atoms with Crippen LogP contribution >= 0.6 is 11.6 Å². The Morgan fingerprint density at radius 3 is 2.43 bits per heavy atom. The molecule has 0 N–H and O–H groups in total. The molecule has 28 heavy (non-hydrogen) atoms. The van der Waals surface area contributed by atoms with Crippen molar-refractivity contribution in [1.82, 2.24) is 0 Å². The lowest BCUT2D eigenvalue weighted by Gasteiger charge is -2.14. The molecule has 0 amide bonds. The number of fused-ring (bicyclic) bond motifs is 1. The average molecular weight is 401 g/mol. The minimum Gasteiger partial charge on any atom is -0.479 e. The summed E-state index contributed by atoms with van der Waals surface area (Å²) in [6.07, 6.45) is -0.724. The van der Waals surface area contributed by atoms with Crippen LogP contribution in [0, 0.1) is 0 Å². The van der Waals surface area contributed by atoms with E-state index in [1.807, 2.05) is 36.4 Å². The zero-order valence-corrected chi connectivity index (χ0v) is 16.4. The molecule has 0 aliphatic rings.